The molecule has 0 heterocycles. The van der Waals surface area contributed by atoms with Crippen molar-refractivity contribution in [1.29, 1.82) is 0 Å². The molecule has 0 aliphatic heterocycles. The van der Waals surface area contributed by atoms with Crippen molar-refractivity contribution in [3.05, 3.63) is 28.2 Å². The van der Waals surface area contributed by atoms with Crippen molar-refractivity contribution >= 4 is 33.7 Å². The van der Waals surface area contributed by atoms with Crippen LogP contribution in [0.1, 0.15) is 36.0 Å². The molecule has 0 aromatic heterocycles. The molecule has 1 aromatic carbocycles. The first kappa shape index (κ1) is 13.5. The summed E-state index contributed by atoms with van der Waals surface area (Å²) in [7, 11) is 0. The van der Waals surface area contributed by atoms with Crippen LogP contribution in [0.2, 0.25) is 0 Å². The highest BCUT2D eigenvalue weighted by Gasteiger charge is 2.39. The fourth-order valence-electron chi connectivity index (χ4n) is 3.54. The molecular formula is C15H17BrO2S. The maximum absolute atomic E-state index is 11.1. The average molecular weight is 341 g/mol. The molecule has 2 aliphatic carbocycles. The summed E-state index contributed by atoms with van der Waals surface area (Å²) in [5.74, 6) is 3.04. The molecule has 2 nitrogen and oxygen atoms in total. The van der Waals surface area contributed by atoms with E-state index < -0.39 is 5.97 Å². The maximum atomic E-state index is 11.1. The van der Waals surface area contributed by atoms with E-state index in [-0.39, 0.29) is 0 Å². The fourth-order valence-corrected chi connectivity index (χ4v) is 5.14. The Hall–Kier alpha value is -0.480. The van der Waals surface area contributed by atoms with E-state index in [0.717, 1.165) is 28.4 Å². The number of halogens is 1. The Morgan fingerprint density at radius 2 is 2.21 bits per heavy atom. The molecule has 2 bridgehead atoms. The minimum atomic E-state index is -0.866. The van der Waals surface area contributed by atoms with Crippen molar-refractivity contribution in [2.45, 2.75) is 30.6 Å². The largest absolute Gasteiger partial charge is 0.478 e. The summed E-state index contributed by atoms with van der Waals surface area (Å²) in [5, 5.41) is 9.12. The van der Waals surface area contributed by atoms with Crippen LogP contribution >= 0.6 is 27.7 Å². The van der Waals surface area contributed by atoms with Crippen LogP contribution in [0.15, 0.2) is 27.6 Å². The van der Waals surface area contributed by atoms with Crippen LogP contribution in [-0.2, 0) is 0 Å². The van der Waals surface area contributed by atoms with E-state index in [2.05, 4.69) is 15.9 Å². The summed E-state index contributed by atoms with van der Waals surface area (Å²) in [6, 6.07) is 5.63. The fraction of sp³-hybridized carbons (Fsp3) is 0.533. The van der Waals surface area contributed by atoms with E-state index in [1.165, 1.54) is 25.7 Å². The second-order valence-electron chi connectivity index (χ2n) is 5.69. The van der Waals surface area contributed by atoms with Crippen LogP contribution in [0, 0.1) is 17.8 Å². The van der Waals surface area contributed by atoms with Gasteiger partial charge in [-0.15, -0.1) is 11.8 Å². The van der Waals surface area contributed by atoms with Crippen LogP contribution in [0.4, 0.5) is 0 Å². The number of carbonyl (C=O) groups is 1. The van der Waals surface area contributed by atoms with Gasteiger partial charge in [-0.3, -0.25) is 0 Å². The highest BCUT2D eigenvalue weighted by molar-refractivity contribution is 9.10. The smallest absolute Gasteiger partial charge is 0.336 e. The lowest BCUT2D eigenvalue weighted by Crippen LogP contribution is -2.12. The number of hydrogen-bond donors (Lipinski definition) is 1. The highest BCUT2D eigenvalue weighted by Crippen LogP contribution is 2.49. The third-order valence-corrected chi connectivity index (χ3v) is 6.39. The number of aromatic carboxylic acids is 1. The SMILES string of the molecule is O=C(O)c1cc(SCC2CC3CCC2C3)ccc1Br. The van der Waals surface area contributed by atoms with Crippen molar-refractivity contribution in [2.24, 2.45) is 17.8 Å². The number of thioether (sulfide) groups is 1. The lowest BCUT2D eigenvalue weighted by molar-refractivity contribution is 0.0695. The van der Waals surface area contributed by atoms with Gasteiger partial charge < -0.3 is 5.11 Å². The second-order valence-corrected chi connectivity index (χ2v) is 7.64. The predicted octanol–water partition coefficient (Wildman–Crippen LogP) is 4.68. The number of hydrogen-bond acceptors (Lipinski definition) is 2. The molecule has 0 saturated heterocycles. The van der Waals surface area contributed by atoms with Gasteiger partial charge in [0, 0.05) is 15.1 Å². The van der Waals surface area contributed by atoms with Gasteiger partial charge in [-0.2, -0.15) is 0 Å². The van der Waals surface area contributed by atoms with Crippen LogP contribution in [0.25, 0.3) is 0 Å². The Morgan fingerprint density at radius 1 is 1.37 bits per heavy atom. The van der Waals surface area contributed by atoms with E-state index in [4.69, 9.17) is 5.11 Å². The number of rotatable bonds is 4. The molecule has 1 aromatic rings. The molecule has 102 valence electrons. The van der Waals surface area contributed by atoms with E-state index in [1.807, 2.05) is 23.9 Å². The summed E-state index contributed by atoms with van der Waals surface area (Å²) in [6.07, 6.45) is 5.68. The van der Waals surface area contributed by atoms with E-state index in [9.17, 15) is 4.79 Å². The standard InChI is InChI=1S/C15H17BrO2S/c16-14-4-3-12(7-13(14)15(17)18)19-8-11-6-9-1-2-10(11)5-9/h3-4,7,9-11H,1-2,5-6,8H2,(H,17,18). The number of carboxylic acid groups (broad SMARTS) is 1. The summed E-state index contributed by atoms with van der Waals surface area (Å²) >= 11 is 5.10. The molecule has 2 aliphatic rings. The van der Waals surface area contributed by atoms with Gasteiger partial charge in [-0.25, -0.2) is 4.79 Å². The molecule has 3 unspecified atom stereocenters. The topological polar surface area (TPSA) is 37.3 Å². The van der Waals surface area contributed by atoms with Gasteiger partial charge in [0.2, 0.25) is 0 Å². The van der Waals surface area contributed by atoms with Gasteiger partial charge in [-0.1, -0.05) is 6.42 Å². The minimum Gasteiger partial charge on any atom is -0.478 e. The normalized spacial score (nSPS) is 28.8. The van der Waals surface area contributed by atoms with Crippen molar-refractivity contribution in [2.75, 3.05) is 5.75 Å². The zero-order chi connectivity index (χ0) is 13.4. The number of carboxylic acids is 1. The van der Waals surface area contributed by atoms with Gasteiger partial charge in [0.1, 0.15) is 0 Å². The lowest BCUT2D eigenvalue weighted by Gasteiger charge is -2.21. The molecule has 3 rings (SSSR count). The molecule has 0 spiro atoms. The number of fused-ring (bicyclic) bond motifs is 2. The second kappa shape index (κ2) is 5.49. The summed E-state index contributed by atoms with van der Waals surface area (Å²) < 4.78 is 0.657. The van der Waals surface area contributed by atoms with Crippen molar-refractivity contribution in [3.63, 3.8) is 0 Å². The minimum absolute atomic E-state index is 0.359. The first-order valence-corrected chi connectivity index (χ1v) is 8.57. The average Bonchev–Trinajstić information content (AvgIpc) is 2.99. The van der Waals surface area contributed by atoms with Gasteiger partial charge in [-0.05, 0) is 71.1 Å². The summed E-state index contributed by atoms with van der Waals surface area (Å²) in [6.45, 7) is 0. The van der Waals surface area contributed by atoms with Gasteiger partial charge >= 0.3 is 5.97 Å². The third-order valence-electron chi connectivity index (χ3n) is 4.52. The van der Waals surface area contributed by atoms with Crippen LogP contribution in [-0.4, -0.2) is 16.8 Å². The molecule has 3 atom stereocenters. The summed E-state index contributed by atoms with van der Waals surface area (Å²) in [4.78, 5) is 12.2. The Labute approximate surface area is 126 Å². The molecule has 0 amide bonds. The molecule has 0 radical (unpaired) electrons. The Morgan fingerprint density at radius 3 is 2.84 bits per heavy atom. The Kier molecular flexibility index (Phi) is 3.90. The Bertz CT molecular complexity index is 503. The summed E-state index contributed by atoms with van der Waals surface area (Å²) in [5.41, 5.74) is 0.359. The molecule has 1 N–H and O–H groups in total. The van der Waals surface area contributed by atoms with Crippen molar-refractivity contribution in [3.8, 4) is 0 Å². The van der Waals surface area contributed by atoms with Crippen LogP contribution < -0.4 is 0 Å². The van der Waals surface area contributed by atoms with Crippen LogP contribution in [0.5, 0.6) is 0 Å². The molecule has 19 heavy (non-hydrogen) atoms. The first-order valence-electron chi connectivity index (χ1n) is 6.79. The van der Waals surface area contributed by atoms with Gasteiger partial charge in [0.15, 0.2) is 0 Å². The lowest BCUT2D eigenvalue weighted by atomic mass is 9.90. The van der Waals surface area contributed by atoms with E-state index in [0.29, 0.717) is 10.0 Å². The van der Waals surface area contributed by atoms with Gasteiger partial charge in [0.25, 0.3) is 0 Å². The predicted molar refractivity (Wildman–Crippen MR) is 80.8 cm³/mol. The van der Waals surface area contributed by atoms with Crippen molar-refractivity contribution < 1.29 is 9.90 Å². The monoisotopic (exact) mass is 340 g/mol. The third kappa shape index (κ3) is 2.84. The van der Waals surface area contributed by atoms with Crippen molar-refractivity contribution in [1.82, 2.24) is 0 Å². The van der Waals surface area contributed by atoms with E-state index >= 15 is 0 Å². The zero-order valence-electron chi connectivity index (χ0n) is 10.6. The van der Waals surface area contributed by atoms with E-state index in [1.54, 1.807) is 6.07 Å². The molecule has 2 saturated carbocycles. The first-order chi connectivity index (χ1) is 9.13. The Balaban J connectivity index is 1.64. The molecule has 2 fully saturated rings. The highest BCUT2D eigenvalue weighted by atomic mass is 79.9. The number of benzene rings is 1. The quantitative estimate of drug-likeness (QED) is 0.809. The molecular weight excluding hydrogens is 324 g/mol. The zero-order valence-corrected chi connectivity index (χ0v) is 13.0. The van der Waals surface area contributed by atoms with Crippen LogP contribution in [0.3, 0.4) is 0 Å². The van der Waals surface area contributed by atoms with Gasteiger partial charge in [0.05, 0.1) is 5.56 Å². The molecule has 4 heteroatoms. The maximum Gasteiger partial charge on any atom is 0.336 e.